The van der Waals surface area contributed by atoms with Crippen LogP contribution in [0.1, 0.15) is 30.7 Å². The molecule has 4 rings (SSSR count). The smallest absolute Gasteiger partial charge is 0.311 e. The minimum atomic E-state index is -3.23. The molecule has 7 nitrogen and oxygen atoms in total. The highest BCUT2D eigenvalue weighted by Crippen LogP contribution is 2.36. The molecule has 1 fully saturated rings. The molecule has 1 N–H and O–H groups in total. The standard InChI is InChI=1S/C20H20N2O5S/c23-19(12-14-13-20(24)27-18-5-2-1-4-17(14)18)21-15-6-8-16(9-7-15)22-10-3-11-28(22,25)26/h1-2,4-9,14H,3,10-13H2,(H,21,23)/t14-/m0/s1. The quantitative estimate of drug-likeness (QED) is 0.629. The van der Waals surface area contributed by atoms with Crippen LogP contribution in [0, 0.1) is 0 Å². The number of fused-ring (bicyclic) bond motifs is 1. The monoisotopic (exact) mass is 400 g/mol. The van der Waals surface area contributed by atoms with Gasteiger partial charge in [0, 0.05) is 24.6 Å². The second kappa shape index (κ2) is 7.27. The molecule has 2 aromatic rings. The van der Waals surface area contributed by atoms with Gasteiger partial charge in [0.05, 0.1) is 17.9 Å². The zero-order valence-electron chi connectivity index (χ0n) is 15.1. The molecule has 0 radical (unpaired) electrons. The maximum atomic E-state index is 12.5. The largest absolute Gasteiger partial charge is 0.426 e. The third-order valence-electron chi connectivity index (χ3n) is 4.97. The predicted molar refractivity (Wildman–Crippen MR) is 105 cm³/mol. The number of hydrogen-bond donors (Lipinski definition) is 1. The van der Waals surface area contributed by atoms with E-state index >= 15 is 0 Å². The van der Waals surface area contributed by atoms with Crippen molar-refractivity contribution in [3.8, 4) is 5.75 Å². The number of nitrogens with one attached hydrogen (secondary N) is 1. The molecule has 2 heterocycles. The summed E-state index contributed by atoms with van der Waals surface area (Å²) in [6.45, 7) is 0.477. The van der Waals surface area contributed by atoms with Crippen LogP contribution in [0.3, 0.4) is 0 Å². The van der Waals surface area contributed by atoms with Crippen molar-refractivity contribution in [3.63, 3.8) is 0 Å². The minimum absolute atomic E-state index is 0.161. The fraction of sp³-hybridized carbons (Fsp3) is 0.300. The summed E-state index contributed by atoms with van der Waals surface area (Å²) in [5.41, 5.74) is 2.03. The summed E-state index contributed by atoms with van der Waals surface area (Å²) in [4.78, 5) is 24.3. The fourth-order valence-electron chi connectivity index (χ4n) is 3.64. The Morgan fingerprint density at radius 1 is 1.14 bits per heavy atom. The first-order valence-electron chi connectivity index (χ1n) is 9.12. The van der Waals surface area contributed by atoms with Gasteiger partial charge in [-0.2, -0.15) is 0 Å². The number of amides is 1. The highest BCUT2D eigenvalue weighted by Gasteiger charge is 2.29. The van der Waals surface area contributed by atoms with Gasteiger partial charge in [0.25, 0.3) is 0 Å². The van der Waals surface area contributed by atoms with Gasteiger partial charge in [0.2, 0.25) is 15.9 Å². The summed E-state index contributed by atoms with van der Waals surface area (Å²) in [5, 5.41) is 2.81. The molecule has 0 spiro atoms. The molecule has 1 atom stereocenters. The first-order chi connectivity index (χ1) is 13.4. The Bertz CT molecular complexity index is 1020. The number of rotatable bonds is 4. The Morgan fingerprint density at radius 3 is 2.61 bits per heavy atom. The van der Waals surface area contributed by atoms with Gasteiger partial charge >= 0.3 is 5.97 Å². The topological polar surface area (TPSA) is 92.8 Å². The van der Waals surface area contributed by atoms with E-state index in [-0.39, 0.29) is 36.4 Å². The second-order valence-corrected chi connectivity index (χ2v) is 8.97. The van der Waals surface area contributed by atoms with Crippen LogP contribution in [0.15, 0.2) is 48.5 Å². The molecule has 2 aliphatic heterocycles. The first kappa shape index (κ1) is 18.5. The third-order valence-corrected chi connectivity index (χ3v) is 6.84. The molecular weight excluding hydrogens is 380 g/mol. The average molecular weight is 400 g/mol. The van der Waals surface area contributed by atoms with Crippen molar-refractivity contribution in [2.24, 2.45) is 0 Å². The number of hydrogen-bond acceptors (Lipinski definition) is 5. The van der Waals surface area contributed by atoms with Crippen LogP contribution < -0.4 is 14.4 Å². The highest BCUT2D eigenvalue weighted by molar-refractivity contribution is 7.93. The van der Waals surface area contributed by atoms with Crippen LogP contribution in [0.4, 0.5) is 11.4 Å². The molecule has 1 amide bonds. The van der Waals surface area contributed by atoms with Crippen molar-refractivity contribution in [1.82, 2.24) is 0 Å². The third kappa shape index (κ3) is 3.73. The van der Waals surface area contributed by atoms with Crippen LogP contribution in [0.2, 0.25) is 0 Å². The molecular formula is C20H20N2O5S. The number of carbonyl (C=O) groups excluding carboxylic acids is 2. The summed E-state index contributed by atoms with van der Waals surface area (Å²) in [5.74, 6) is -0.112. The van der Waals surface area contributed by atoms with Crippen molar-refractivity contribution in [1.29, 1.82) is 0 Å². The van der Waals surface area contributed by atoms with Crippen LogP contribution >= 0.6 is 0 Å². The lowest BCUT2D eigenvalue weighted by Crippen LogP contribution is -2.25. The van der Waals surface area contributed by atoms with Gasteiger partial charge in [0.1, 0.15) is 5.75 Å². The van der Waals surface area contributed by atoms with Crippen LogP contribution in [0.5, 0.6) is 5.75 Å². The summed E-state index contributed by atoms with van der Waals surface area (Å²) in [6, 6.07) is 14.0. The molecule has 0 aromatic heterocycles. The van der Waals surface area contributed by atoms with Crippen LogP contribution in [-0.2, 0) is 19.6 Å². The number of carbonyl (C=O) groups is 2. The van der Waals surface area contributed by atoms with Crippen molar-refractivity contribution < 1.29 is 22.7 Å². The van der Waals surface area contributed by atoms with Gasteiger partial charge in [0.15, 0.2) is 0 Å². The summed E-state index contributed by atoms with van der Waals surface area (Å²) in [6.07, 6.45) is 0.941. The Morgan fingerprint density at radius 2 is 1.89 bits per heavy atom. The van der Waals surface area contributed by atoms with Crippen LogP contribution in [0.25, 0.3) is 0 Å². The van der Waals surface area contributed by atoms with Crippen molar-refractivity contribution in [2.45, 2.75) is 25.2 Å². The predicted octanol–water partition coefficient (Wildman–Crippen LogP) is 2.65. The van der Waals surface area contributed by atoms with E-state index in [0.29, 0.717) is 30.1 Å². The number of ether oxygens (including phenoxy) is 1. The second-order valence-electron chi connectivity index (χ2n) is 6.95. The van der Waals surface area contributed by atoms with Gasteiger partial charge in [-0.05, 0) is 42.3 Å². The number of sulfonamides is 1. The van der Waals surface area contributed by atoms with E-state index in [4.69, 9.17) is 4.74 Å². The van der Waals surface area contributed by atoms with E-state index in [1.165, 1.54) is 4.31 Å². The van der Waals surface area contributed by atoms with Crippen LogP contribution in [-0.4, -0.2) is 32.6 Å². The van der Waals surface area contributed by atoms with Gasteiger partial charge in [-0.25, -0.2) is 8.42 Å². The van der Waals surface area contributed by atoms with E-state index in [0.717, 1.165) is 5.56 Å². The number of anilines is 2. The van der Waals surface area contributed by atoms with Crippen molar-refractivity contribution in [2.75, 3.05) is 21.9 Å². The maximum absolute atomic E-state index is 12.5. The molecule has 0 bridgehead atoms. The number of benzene rings is 2. The van der Waals surface area contributed by atoms with Crippen molar-refractivity contribution >= 4 is 33.3 Å². The van der Waals surface area contributed by atoms with Crippen molar-refractivity contribution in [3.05, 3.63) is 54.1 Å². The van der Waals surface area contributed by atoms with E-state index in [1.54, 1.807) is 36.4 Å². The maximum Gasteiger partial charge on any atom is 0.311 e. The summed E-state index contributed by atoms with van der Waals surface area (Å²) in [7, 11) is -3.23. The number of nitrogens with zero attached hydrogens (tertiary/aromatic N) is 1. The lowest BCUT2D eigenvalue weighted by Gasteiger charge is -2.24. The molecule has 0 saturated carbocycles. The Balaban J connectivity index is 1.43. The Hall–Kier alpha value is -2.87. The molecule has 0 unspecified atom stereocenters. The van der Waals surface area contributed by atoms with E-state index in [1.807, 2.05) is 12.1 Å². The molecule has 8 heteroatoms. The van der Waals surface area contributed by atoms with E-state index in [9.17, 15) is 18.0 Å². The van der Waals surface area contributed by atoms with Gasteiger partial charge < -0.3 is 10.1 Å². The number of para-hydroxylation sites is 1. The summed E-state index contributed by atoms with van der Waals surface area (Å²) >= 11 is 0. The fourth-order valence-corrected chi connectivity index (χ4v) is 5.21. The Labute approximate surface area is 163 Å². The molecule has 2 aromatic carbocycles. The normalized spacial score (nSPS) is 20.4. The zero-order valence-corrected chi connectivity index (χ0v) is 15.9. The summed E-state index contributed by atoms with van der Waals surface area (Å²) < 4.78 is 30.6. The van der Waals surface area contributed by atoms with E-state index < -0.39 is 10.0 Å². The molecule has 1 saturated heterocycles. The Kier molecular flexibility index (Phi) is 4.80. The minimum Gasteiger partial charge on any atom is -0.426 e. The molecule has 28 heavy (non-hydrogen) atoms. The SMILES string of the molecule is O=C(C[C@H]1CC(=O)Oc2ccccc21)Nc1ccc(N2CCCS2(=O)=O)cc1. The highest BCUT2D eigenvalue weighted by atomic mass is 32.2. The molecule has 0 aliphatic carbocycles. The zero-order chi connectivity index (χ0) is 19.7. The van der Waals surface area contributed by atoms with Gasteiger partial charge in [-0.1, -0.05) is 18.2 Å². The molecule has 146 valence electrons. The lowest BCUT2D eigenvalue weighted by molar-refractivity contribution is -0.136. The lowest BCUT2D eigenvalue weighted by atomic mass is 9.89. The molecule has 2 aliphatic rings. The average Bonchev–Trinajstić information content (AvgIpc) is 3.01. The number of esters is 1. The first-order valence-corrected chi connectivity index (χ1v) is 10.7. The van der Waals surface area contributed by atoms with Gasteiger partial charge in [-0.3, -0.25) is 13.9 Å². The van der Waals surface area contributed by atoms with Gasteiger partial charge in [-0.15, -0.1) is 0 Å². The van der Waals surface area contributed by atoms with E-state index in [2.05, 4.69) is 5.32 Å².